The first-order valence-corrected chi connectivity index (χ1v) is 4.34. The van der Waals surface area contributed by atoms with E-state index < -0.39 is 0 Å². The molecule has 0 aromatic carbocycles. The first kappa shape index (κ1) is 9.01. The van der Waals surface area contributed by atoms with E-state index in [-0.39, 0.29) is 5.60 Å². The first-order chi connectivity index (χ1) is 5.08. The van der Waals surface area contributed by atoms with Gasteiger partial charge in [-0.15, -0.1) is 0 Å². The second-order valence-electron chi connectivity index (χ2n) is 4.00. The van der Waals surface area contributed by atoms with Crippen molar-refractivity contribution in [2.75, 3.05) is 13.1 Å². The molecule has 1 fully saturated rings. The zero-order chi connectivity index (χ0) is 8.32. The van der Waals surface area contributed by atoms with Gasteiger partial charge >= 0.3 is 0 Å². The van der Waals surface area contributed by atoms with Gasteiger partial charge in [0.25, 0.3) is 0 Å². The maximum atomic E-state index is 5.69. The van der Waals surface area contributed by atoms with Gasteiger partial charge in [0.1, 0.15) is 0 Å². The molecule has 2 nitrogen and oxygen atoms in total. The lowest BCUT2D eigenvalue weighted by Gasteiger charge is -2.32. The monoisotopic (exact) mass is 156 g/mol. The summed E-state index contributed by atoms with van der Waals surface area (Å²) in [5.41, 5.74) is -0.0304. The number of nitrogens with zero attached hydrogens (tertiary/aromatic N) is 1. The Kier molecular flexibility index (Phi) is 2.90. The summed E-state index contributed by atoms with van der Waals surface area (Å²) < 4.78 is 0. The maximum absolute atomic E-state index is 5.69. The molecule has 0 bridgehead atoms. The van der Waals surface area contributed by atoms with Gasteiger partial charge in [0.15, 0.2) is 0 Å². The lowest BCUT2D eigenvalue weighted by Crippen LogP contribution is -2.37. The van der Waals surface area contributed by atoms with Gasteiger partial charge < -0.3 is 0 Å². The van der Waals surface area contributed by atoms with Gasteiger partial charge in [-0.25, -0.2) is 0 Å². The highest BCUT2D eigenvalue weighted by atomic mass is 16.7. The van der Waals surface area contributed by atoms with Crippen LogP contribution >= 0.6 is 0 Å². The number of rotatable bonds is 1. The topological polar surface area (TPSA) is 12.5 Å². The molecule has 0 aromatic heterocycles. The van der Waals surface area contributed by atoms with Crippen LogP contribution in [0.4, 0.5) is 0 Å². The second kappa shape index (κ2) is 3.55. The molecule has 1 heterocycles. The average molecular weight is 156 g/mol. The van der Waals surface area contributed by atoms with E-state index in [2.05, 4.69) is 32.3 Å². The van der Waals surface area contributed by atoms with Crippen LogP contribution in [0.1, 0.15) is 33.6 Å². The molecule has 2 heteroatoms. The quantitative estimate of drug-likeness (QED) is 0.576. The van der Waals surface area contributed by atoms with E-state index in [4.69, 9.17) is 4.84 Å². The van der Waals surface area contributed by atoms with Crippen LogP contribution in [0.25, 0.3) is 0 Å². The molecule has 0 amide bonds. The van der Waals surface area contributed by atoms with E-state index in [1.807, 2.05) is 0 Å². The van der Waals surface area contributed by atoms with Gasteiger partial charge in [0, 0.05) is 13.1 Å². The predicted molar refractivity (Wildman–Crippen MR) is 45.9 cm³/mol. The number of hydrogen-bond acceptors (Lipinski definition) is 2. The number of hydrogen-bond donors (Lipinski definition) is 0. The summed E-state index contributed by atoms with van der Waals surface area (Å²) in [6.07, 6.45) is 4.65. The molecular weight excluding hydrogens is 138 g/mol. The summed E-state index contributed by atoms with van der Waals surface area (Å²) in [6.45, 7) is 8.37. The molecule has 0 aliphatic carbocycles. The zero-order valence-corrected chi connectivity index (χ0v) is 7.76. The molecule has 0 saturated carbocycles. The minimum absolute atomic E-state index is 0.0304. The molecule has 1 aliphatic heterocycles. The molecule has 1 aliphatic rings. The van der Waals surface area contributed by atoms with Crippen LogP contribution in [0.3, 0.4) is 0 Å². The highest BCUT2D eigenvalue weighted by Gasteiger charge is 2.18. The molecule has 1 rings (SSSR count). The molecule has 0 N–H and O–H groups in total. The Balaban J connectivity index is 2.24. The molecule has 0 aromatic rings. The first-order valence-electron chi connectivity index (χ1n) is 4.34. The summed E-state index contributed by atoms with van der Waals surface area (Å²) in [6, 6.07) is 0. The fourth-order valence-corrected chi connectivity index (χ4v) is 1.21. The van der Waals surface area contributed by atoms with Crippen LogP contribution in [0.5, 0.6) is 0 Å². The van der Waals surface area contributed by atoms with E-state index in [9.17, 15) is 0 Å². The van der Waals surface area contributed by atoms with Gasteiger partial charge in [-0.05, 0) is 40.0 Å². The summed E-state index contributed by atoms with van der Waals surface area (Å²) in [7, 11) is 0. The predicted octanol–water partition coefficient (Wildman–Crippen LogP) is 2.02. The standard InChI is InChI=1S/C9H18NO/c1-9(2,3)11-10-7-5-4-6-8-10/h4H,5-8H2,1-3H3. The lowest BCUT2D eigenvalue weighted by atomic mass is 10.1. The Morgan fingerprint density at radius 1 is 1.18 bits per heavy atom. The van der Waals surface area contributed by atoms with Gasteiger partial charge in [0.2, 0.25) is 0 Å². The summed E-state index contributed by atoms with van der Waals surface area (Å²) in [5.74, 6) is 0. The van der Waals surface area contributed by atoms with Crippen LogP contribution in [0.15, 0.2) is 0 Å². The highest BCUT2D eigenvalue weighted by Crippen LogP contribution is 2.14. The van der Waals surface area contributed by atoms with Gasteiger partial charge in [-0.2, -0.15) is 5.06 Å². The fourth-order valence-electron chi connectivity index (χ4n) is 1.21. The third-order valence-corrected chi connectivity index (χ3v) is 1.57. The molecule has 11 heavy (non-hydrogen) atoms. The van der Waals surface area contributed by atoms with Crippen molar-refractivity contribution >= 4 is 0 Å². The van der Waals surface area contributed by atoms with Gasteiger partial charge in [0.05, 0.1) is 5.60 Å². The molecule has 0 atom stereocenters. The Hall–Kier alpha value is -0.0800. The SMILES string of the molecule is CC(C)(C)ON1CC[CH]CC1. The van der Waals surface area contributed by atoms with E-state index in [1.165, 1.54) is 0 Å². The summed E-state index contributed by atoms with van der Waals surface area (Å²) >= 11 is 0. The van der Waals surface area contributed by atoms with Gasteiger partial charge in [-0.3, -0.25) is 4.84 Å². The Morgan fingerprint density at radius 3 is 2.18 bits per heavy atom. The smallest absolute Gasteiger partial charge is 0.0815 e. The van der Waals surface area contributed by atoms with Crippen LogP contribution in [-0.2, 0) is 4.84 Å². The Bertz CT molecular complexity index is 111. The minimum atomic E-state index is -0.0304. The van der Waals surface area contributed by atoms with Crippen molar-refractivity contribution in [1.82, 2.24) is 5.06 Å². The summed E-state index contributed by atoms with van der Waals surface area (Å²) in [4.78, 5) is 5.69. The third kappa shape index (κ3) is 3.73. The molecule has 65 valence electrons. The van der Waals surface area contributed by atoms with E-state index >= 15 is 0 Å². The largest absolute Gasteiger partial charge is 0.293 e. The number of piperidine rings is 1. The average Bonchev–Trinajstić information content (AvgIpc) is 1.85. The normalized spacial score (nSPS) is 22.1. The van der Waals surface area contributed by atoms with E-state index in [0.29, 0.717) is 0 Å². The zero-order valence-electron chi connectivity index (χ0n) is 7.76. The van der Waals surface area contributed by atoms with Crippen LogP contribution < -0.4 is 0 Å². The van der Waals surface area contributed by atoms with Gasteiger partial charge in [-0.1, -0.05) is 0 Å². The Labute approximate surface area is 69.5 Å². The molecular formula is C9H18NO. The highest BCUT2D eigenvalue weighted by molar-refractivity contribution is 4.73. The fraction of sp³-hybridized carbons (Fsp3) is 0.889. The minimum Gasteiger partial charge on any atom is -0.293 e. The van der Waals surface area contributed by atoms with E-state index in [0.717, 1.165) is 25.9 Å². The van der Waals surface area contributed by atoms with Crippen molar-refractivity contribution in [2.24, 2.45) is 0 Å². The number of hydroxylamine groups is 2. The third-order valence-electron chi connectivity index (χ3n) is 1.57. The van der Waals surface area contributed by atoms with Crippen LogP contribution in [0.2, 0.25) is 0 Å². The van der Waals surface area contributed by atoms with E-state index in [1.54, 1.807) is 0 Å². The van der Waals surface area contributed by atoms with Crippen molar-refractivity contribution < 1.29 is 4.84 Å². The van der Waals surface area contributed by atoms with Crippen molar-refractivity contribution in [2.45, 2.75) is 39.2 Å². The molecule has 0 spiro atoms. The van der Waals surface area contributed by atoms with Crippen LogP contribution in [0, 0.1) is 6.42 Å². The van der Waals surface area contributed by atoms with Crippen LogP contribution in [-0.4, -0.2) is 23.8 Å². The second-order valence-corrected chi connectivity index (χ2v) is 4.00. The Morgan fingerprint density at radius 2 is 1.73 bits per heavy atom. The summed E-state index contributed by atoms with van der Waals surface area (Å²) in [5, 5.41) is 2.07. The molecule has 0 unspecified atom stereocenters. The molecule has 1 radical (unpaired) electrons. The van der Waals surface area contributed by atoms with Crippen molar-refractivity contribution in [1.29, 1.82) is 0 Å². The van der Waals surface area contributed by atoms with Crippen molar-refractivity contribution in [3.8, 4) is 0 Å². The van der Waals surface area contributed by atoms with Crippen molar-refractivity contribution in [3.05, 3.63) is 6.42 Å². The molecule has 1 saturated heterocycles. The van der Waals surface area contributed by atoms with Crippen molar-refractivity contribution in [3.63, 3.8) is 0 Å². The lowest BCUT2D eigenvalue weighted by molar-refractivity contribution is -0.231. The maximum Gasteiger partial charge on any atom is 0.0815 e.